The molecule has 0 saturated heterocycles. The van der Waals surface area contributed by atoms with Gasteiger partial charge in [-0.25, -0.2) is 0 Å². The van der Waals surface area contributed by atoms with E-state index in [1.165, 1.54) is 11.1 Å². The minimum atomic E-state index is 0.185. The van der Waals surface area contributed by atoms with Gasteiger partial charge in [0.2, 0.25) is 0 Å². The van der Waals surface area contributed by atoms with Gasteiger partial charge in [0.15, 0.2) is 0 Å². The first kappa shape index (κ1) is 11.7. The number of fused-ring (bicyclic) bond motifs is 1. The van der Waals surface area contributed by atoms with Gasteiger partial charge >= 0.3 is 0 Å². The van der Waals surface area contributed by atoms with Crippen LogP contribution in [0.4, 0.5) is 0 Å². The smallest absolute Gasteiger partial charge is 0.118 e. The molecule has 0 amide bonds. The molecule has 92 valence electrons. The van der Waals surface area contributed by atoms with E-state index in [-0.39, 0.29) is 4.75 Å². The molecule has 1 heterocycles. The van der Waals surface area contributed by atoms with Crippen molar-refractivity contribution < 1.29 is 4.74 Å². The number of thioether (sulfide) groups is 1. The van der Waals surface area contributed by atoms with E-state index in [4.69, 9.17) is 4.74 Å². The van der Waals surface area contributed by atoms with Crippen molar-refractivity contribution in [3.63, 3.8) is 0 Å². The molecule has 1 nitrogen and oxygen atoms in total. The van der Waals surface area contributed by atoms with E-state index in [9.17, 15) is 0 Å². The van der Waals surface area contributed by atoms with Crippen LogP contribution in [0.2, 0.25) is 0 Å². The molecule has 3 rings (SSSR count). The molecule has 1 aliphatic heterocycles. The van der Waals surface area contributed by atoms with Crippen LogP contribution in [0.1, 0.15) is 12.5 Å². The molecule has 1 aliphatic carbocycles. The molecule has 2 unspecified atom stereocenters. The Kier molecular flexibility index (Phi) is 2.83. The summed E-state index contributed by atoms with van der Waals surface area (Å²) in [6, 6.07) is 8.33. The zero-order valence-electron chi connectivity index (χ0n) is 10.6. The van der Waals surface area contributed by atoms with Gasteiger partial charge in [0.25, 0.3) is 0 Å². The molecule has 0 fully saturated rings. The topological polar surface area (TPSA) is 9.23 Å². The van der Waals surface area contributed by atoms with Crippen LogP contribution in [0, 0.1) is 5.92 Å². The predicted octanol–water partition coefficient (Wildman–Crippen LogP) is 4.28. The Morgan fingerprint density at radius 3 is 2.72 bits per heavy atom. The summed E-state index contributed by atoms with van der Waals surface area (Å²) in [6.07, 6.45) is 9.01. The molecular formula is C16H16OS. The quantitative estimate of drug-likeness (QED) is 0.781. The standard InChI is InChI=1S/C16H16OS/c1-16-10-3-4-14(15(16)9-11-18-16)12-5-7-13(17-2)8-6-12/h3-11,15H,1-2H3. The number of allylic oxidation sites excluding steroid dienone is 4. The normalized spacial score (nSPS) is 29.0. The van der Waals surface area contributed by atoms with Gasteiger partial charge in [-0.1, -0.05) is 36.4 Å². The van der Waals surface area contributed by atoms with Gasteiger partial charge in [-0.05, 0) is 35.6 Å². The lowest BCUT2D eigenvalue weighted by atomic mass is 9.80. The second kappa shape index (κ2) is 4.36. The van der Waals surface area contributed by atoms with E-state index < -0.39 is 0 Å². The second-order valence-electron chi connectivity index (χ2n) is 4.82. The highest BCUT2D eigenvalue weighted by molar-refractivity contribution is 8.03. The first-order valence-corrected chi connectivity index (χ1v) is 6.99. The van der Waals surface area contributed by atoms with Crippen molar-refractivity contribution in [3.8, 4) is 5.75 Å². The molecule has 2 aliphatic rings. The maximum Gasteiger partial charge on any atom is 0.118 e. The molecule has 0 saturated carbocycles. The van der Waals surface area contributed by atoms with Gasteiger partial charge in [0, 0.05) is 10.7 Å². The van der Waals surface area contributed by atoms with Gasteiger partial charge in [0.1, 0.15) is 5.75 Å². The number of benzene rings is 1. The Morgan fingerprint density at radius 2 is 2.00 bits per heavy atom. The zero-order chi connectivity index (χ0) is 12.6. The fourth-order valence-electron chi connectivity index (χ4n) is 2.59. The molecule has 18 heavy (non-hydrogen) atoms. The number of ether oxygens (including phenoxy) is 1. The van der Waals surface area contributed by atoms with Crippen LogP contribution in [0.3, 0.4) is 0 Å². The Bertz CT molecular complexity index is 539. The summed E-state index contributed by atoms with van der Waals surface area (Å²) >= 11 is 1.90. The van der Waals surface area contributed by atoms with E-state index in [0.29, 0.717) is 5.92 Å². The van der Waals surface area contributed by atoms with Crippen molar-refractivity contribution in [2.75, 3.05) is 7.11 Å². The zero-order valence-corrected chi connectivity index (χ0v) is 11.4. The Hall–Kier alpha value is -1.41. The third-order valence-corrected chi connectivity index (χ3v) is 4.86. The lowest BCUT2D eigenvalue weighted by Gasteiger charge is -2.32. The molecule has 1 aromatic rings. The van der Waals surface area contributed by atoms with Crippen LogP contribution in [-0.4, -0.2) is 11.9 Å². The van der Waals surface area contributed by atoms with Crippen molar-refractivity contribution in [3.05, 3.63) is 59.5 Å². The van der Waals surface area contributed by atoms with E-state index in [1.54, 1.807) is 7.11 Å². The van der Waals surface area contributed by atoms with Crippen molar-refractivity contribution >= 4 is 17.3 Å². The van der Waals surface area contributed by atoms with Crippen LogP contribution < -0.4 is 4.74 Å². The third kappa shape index (κ3) is 1.81. The van der Waals surface area contributed by atoms with E-state index in [0.717, 1.165) is 5.75 Å². The van der Waals surface area contributed by atoms with Crippen molar-refractivity contribution in [2.45, 2.75) is 11.7 Å². The lowest BCUT2D eigenvalue weighted by molar-refractivity contribution is 0.415. The maximum absolute atomic E-state index is 5.21. The molecule has 0 spiro atoms. The fraction of sp³-hybridized carbons (Fsp3) is 0.250. The first-order valence-electron chi connectivity index (χ1n) is 6.11. The minimum Gasteiger partial charge on any atom is -0.497 e. The van der Waals surface area contributed by atoms with E-state index in [2.05, 4.69) is 48.8 Å². The molecule has 0 bridgehead atoms. The summed E-state index contributed by atoms with van der Waals surface area (Å²) < 4.78 is 5.40. The van der Waals surface area contributed by atoms with Crippen LogP contribution in [0.25, 0.3) is 5.57 Å². The monoisotopic (exact) mass is 256 g/mol. The SMILES string of the molecule is COc1ccc(C2=CC=CC3(C)SC=CC23)cc1. The average Bonchev–Trinajstić information content (AvgIpc) is 2.80. The number of hydrogen-bond acceptors (Lipinski definition) is 2. The molecule has 2 atom stereocenters. The Balaban J connectivity index is 1.98. The molecular weight excluding hydrogens is 240 g/mol. The molecule has 0 radical (unpaired) electrons. The van der Waals surface area contributed by atoms with Crippen LogP contribution in [0.5, 0.6) is 5.75 Å². The first-order chi connectivity index (χ1) is 8.73. The van der Waals surface area contributed by atoms with Gasteiger partial charge in [0.05, 0.1) is 7.11 Å². The maximum atomic E-state index is 5.21. The fourth-order valence-corrected chi connectivity index (χ4v) is 3.63. The molecule has 0 aromatic heterocycles. The Morgan fingerprint density at radius 1 is 1.22 bits per heavy atom. The summed E-state index contributed by atoms with van der Waals surface area (Å²) in [5.74, 6) is 1.38. The van der Waals surface area contributed by atoms with Crippen molar-refractivity contribution in [1.82, 2.24) is 0 Å². The average molecular weight is 256 g/mol. The van der Waals surface area contributed by atoms with Crippen LogP contribution in [-0.2, 0) is 0 Å². The van der Waals surface area contributed by atoms with Crippen molar-refractivity contribution in [1.29, 1.82) is 0 Å². The highest BCUT2D eigenvalue weighted by Gasteiger charge is 2.38. The summed E-state index contributed by atoms with van der Waals surface area (Å²) in [7, 11) is 1.70. The minimum absolute atomic E-state index is 0.185. The van der Waals surface area contributed by atoms with E-state index >= 15 is 0 Å². The number of rotatable bonds is 2. The summed E-state index contributed by atoms with van der Waals surface area (Å²) in [6.45, 7) is 2.30. The largest absolute Gasteiger partial charge is 0.497 e. The lowest BCUT2D eigenvalue weighted by Crippen LogP contribution is -2.26. The number of hydrogen-bond donors (Lipinski definition) is 0. The molecule has 0 N–H and O–H groups in total. The van der Waals surface area contributed by atoms with Crippen LogP contribution in [0.15, 0.2) is 54.0 Å². The van der Waals surface area contributed by atoms with Gasteiger partial charge in [-0.15, -0.1) is 11.8 Å². The highest BCUT2D eigenvalue weighted by Crippen LogP contribution is 2.49. The van der Waals surface area contributed by atoms with Gasteiger partial charge in [-0.2, -0.15) is 0 Å². The van der Waals surface area contributed by atoms with Gasteiger partial charge < -0.3 is 4.74 Å². The molecule has 2 heteroatoms. The highest BCUT2D eigenvalue weighted by atomic mass is 32.2. The summed E-state index contributed by atoms with van der Waals surface area (Å²) in [5, 5.41) is 2.22. The number of methoxy groups -OCH3 is 1. The van der Waals surface area contributed by atoms with Crippen molar-refractivity contribution in [2.24, 2.45) is 5.92 Å². The predicted molar refractivity (Wildman–Crippen MR) is 78.7 cm³/mol. The third-order valence-electron chi connectivity index (χ3n) is 3.67. The van der Waals surface area contributed by atoms with Gasteiger partial charge in [-0.3, -0.25) is 0 Å². The van der Waals surface area contributed by atoms with Crippen LogP contribution >= 0.6 is 11.8 Å². The van der Waals surface area contributed by atoms with E-state index in [1.807, 2.05) is 23.9 Å². The second-order valence-corrected chi connectivity index (χ2v) is 6.21. The summed E-state index contributed by atoms with van der Waals surface area (Å²) in [4.78, 5) is 0. The summed E-state index contributed by atoms with van der Waals surface area (Å²) in [5.41, 5.74) is 2.67. The Labute approximate surface area is 112 Å². The molecule has 1 aromatic carbocycles.